The maximum absolute atomic E-state index is 11.4. The van der Waals surface area contributed by atoms with Gasteiger partial charge >= 0.3 is 6.09 Å². The molecule has 0 radical (unpaired) electrons. The topological polar surface area (TPSA) is 67.0 Å². The Morgan fingerprint density at radius 1 is 1.35 bits per heavy atom. The second-order valence-corrected chi connectivity index (χ2v) is 4.21. The van der Waals surface area contributed by atoms with Gasteiger partial charge < -0.3 is 10.1 Å². The second kappa shape index (κ2) is 7.78. The van der Waals surface area contributed by atoms with Crippen molar-refractivity contribution < 1.29 is 9.53 Å². The number of hydrogen-bond donors (Lipinski definition) is 2. The van der Waals surface area contributed by atoms with Crippen molar-refractivity contribution in [2.45, 2.75) is 13.0 Å². The van der Waals surface area contributed by atoms with Gasteiger partial charge in [0.25, 0.3) is 0 Å². The molecule has 0 bridgehead atoms. The number of carbonyl (C=O) groups is 1. The normalized spacial score (nSPS) is 10.6. The molecule has 2 rings (SSSR count). The van der Waals surface area contributed by atoms with Gasteiger partial charge in [0, 0.05) is 18.3 Å². The largest absolute Gasteiger partial charge is 0.445 e. The summed E-state index contributed by atoms with van der Waals surface area (Å²) in [5, 5.41) is 9.26. The number of H-pyrrole nitrogens is 1. The fraction of sp³-hybridized carbons (Fsp3) is 0.200. The maximum atomic E-state index is 11.4. The van der Waals surface area contributed by atoms with Crippen LogP contribution in [-0.2, 0) is 11.3 Å². The fourth-order valence-electron chi connectivity index (χ4n) is 1.60. The summed E-state index contributed by atoms with van der Waals surface area (Å²) in [4.78, 5) is 11.4. The van der Waals surface area contributed by atoms with E-state index >= 15 is 0 Å². The lowest BCUT2D eigenvalue weighted by atomic mass is 10.2. The van der Waals surface area contributed by atoms with Crippen LogP contribution in [0.5, 0.6) is 0 Å². The fourth-order valence-corrected chi connectivity index (χ4v) is 1.60. The van der Waals surface area contributed by atoms with Crippen LogP contribution < -0.4 is 5.32 Å². The van der Waals surface area contributed by atoms with E-state index in [9.17, 15) is 4.79 Å². The Morgan fingerprint density at radius 3 is 2.95 bits per heavy atom. The van der Waals surface area contributed by atoms with Gasteiger partial charge in [-0.05, 0) is 12.0 Å². The maximum Gasteiger partial charge on any atom is 0.407 e. The minimum absolute atomic E-state index is 0.289. The molecule has 1 aromatic carbocycles. The second-order valence-electron chi connectivity index (χ2n) is 4.21. The van der Waals surface area contributed by atoms with Gasteiger partial charge in [-0.15, -0.1) is 0 Å². The standard InChI is InChI=1S/C15H17N3O2/c19-15(20-12-13-6-2-1-3-7-13)16-9-5-4-8-14-10-17-18-11-14/h1-4,6-8,10-11H,5,9,12H2,(H,16,19)(H,17,18). The highest BCUT2D eigenvalue weighted by atomic mass is 16.5. The molecule has 0 atom stereocenters. The van der Waals surface area contributed by atoms with Crippen LogP contribution in [0.4, 0.5) is 4.79 Å². The van der Waals surface area contributed by atoms with E-state index < -0.39 is 6.09 Å². The zero-order valence-electron chi connectivity index (χ0n) is 11.1. The zero-order chi connectivity index (χ0) is 14.0. The molecule has 0 aliphatic rings. The Hall–Kier alpha value is -2.56. The summed E-state index contributed by atoms with van der Waals surface area (Å²) < 4.78 is 5.09. The Labute approximate surface area is 117 Å². The smallest absolute Gasteiger partial charge is 0.407 e. The van der Waals surface area contributed by atoms with Gasteiger partial charge in [0.05, 0.1) is 6.20 Å². The van der Waals surface area contributed by atoms with Crippen molar-refractivity contribution >= 4 is 12.2 Å². The number of benzene rings is 1. The molecule has 1 amide bonds. The molecule has 0 aliphatic heterocycles. The third kappa shape index (κ3) is 4.97. The molecule has 20 heavy (non-hydrogen) atoms. The van der Waals surface area contributed by atoms with Gasteiger partial charge in [0.15, 0.2) is 0 Å². The molecule has 5 heteroatoms. The molecule has 0 aliphatic carbocycles. The molecule has 0 saturated carbocycles. The van der Waals surface area contributed by atoms with Gasteiger partial charge in [0.2, 0.25) is 0 Å². The summed E-state index contributed by atoms with van der Waals surface area (Å²) in [6.07, 6.45) is 7.80. The van der Waals surface area contributed by atoms with Gasteiger partial charge in [-0.1, -0.05) is 42.5 Å². The quantitative estimate of drug-likeness (QED) is 0.794. The monoisotopic (exact) mass is 271 g/mol. The van der Waals surface area contributed by atoms with E-state index in [-0.39, 0.29) is 6.61 Å². The number of hydrogen-bond acceptors (Lipinski definition) is 3. The molecule has 5 nitrogen and oxygen atoms in total. The van der Waals surface area contributed by atoms with E-state index in [0.29, 0.717) is 6.54 Å². The summed E-state index contributed by atoms with van der Waals surface area (Å²) >= 11 is 0. The molecular formula is C15H17N3O2. The van der Waals surface area contributed by atoms with Crippen molar-refractivity contribution in [1.29, 1.82) is 0 Å². The SMILES string of the molecule is O=C(NCCC=Cc1cn[nH]c1)OCc1ccccc1. The lowest BCUT2D eigenvalue weighted by Gasteiger charge is -2.05. The predicted octanol–water partition coefficient (Wildman–Crippen LogP) is 2.74. The third-order valence-electron chi connectivity index (χ3n) is 2.62. The number of nitrogens with one attached hydrogen (secondary N) is 2. The van der Waals surface area contributed by atoms with Gasteiger partial charge in [-0.25, -0.2) is 4.79 Å². The molecule has 0 spiro atoms. The highest BCUT2D eigenvalue weighted by Crippen LogP contribution is 2.01. The number of aromatic nitrogens is 2. The van der Waals surface area contributed by atoms with Crippen LogP contribution in [0.1, 0.15) is 17.5 Å². The van der Waals surface area contributed by atoms with Crippen LogP contribution in [0.2, 0.25) is 0 Å². The molecule has 104 valence electrons. The summed E-state index contributed by atoms with van der Waals surface area (Å²) in [6.45, 7) is 0.833. The Balaban J connectivity index is 1.58. The number of rotatable bonds is 6. The first-order chi connectivity index (χ1) is 9.84. The van der Waals surface area contributed by atoms with Crippen LogP contribution in [0, 0.1) is 0 Å². The third-order valence-corrected chi connectivity index (χ3v) is 2.62. The average molecular weight is 271 g/mol. The van der Waals surface area contributed by atoms with E-state index in [4.69, 9.17) is 4.74 Å². The van der Waals surface area contributed by atoms with E-state index in [1.807, 2.05) is 42.5 Å². The van der Waals surface area contributed by atoms with Gasteiger partial charge in [-0.2, -0.15) is 5.10 Å². The van der Waals surface area contributed by atoms with Gasteiger partial charge in [0.1, 0.15) is 6.61 Å². The minimum Gasteiger partial charge on any atom is -0.445 e. The van der Waals surface area contributed by atoms with Crippen molar-refractivity contribution in [3.8, 4) is 0 Å². The molecular weight excluding hydrogens is 254 g/mol. The summed E-state index contributed by atoms with van der Waals surface area (Å²) in [6, 6.07) is 9.59. The van der Waals surface area contributed by atoms with Crippen molar-refractivity contribution in [3.63, 3.8) is 0 Å². The molecule has 1 heterocycles. The number of carbonyl (C=O) groups excluding carboxylic acids is 1. The number of ether oxygens (including phenoxy) is 1. The first kappa shape index (κ1) is 13.9. The van der Waals surface area contributed by atoms with E-state index in [2.05, 4.69) is 15.5 Å². The summed E-state index contributed by atoms with van der Waals surface area (Å²) in [7, 11) is 0. The van der Waals surface area contributed by atoms with E-state index in [0.717, 1.165) is 17.5 Å². The first-order valence-corrected chi connectivity index (χ1v) is 6.44. The zero-order valence-corrected chi connectivity index (χ0v) is 11.1. The van der Waals surface area contributed by atoms with Crippen LogP contribution in [-0.4, -0.2) is 22.8 Å². The number of amides is 1. The molecule has 2 aromatic rings. The summed E-state index contributed by atoms with van der Waals surface area (Å²) in [5.74, 6) is 0. The van der Waals surface area contributed by atoms with E-state index in [1.54, 1.807) is 12.4 Å². The minimum atomic E-state index is -0.398. The Morgan fingerprint density at radius 2 is 2.20 bits per heavy atom. The van der Waals surface area contributed by atoms with Crippen molar-refractivity contribution in [2.24, 2.45) is 0 Å². The van der Waals surface area contributed by atoms with Crippen LogP contribution >= 0.6 is 0 Å². The van der Waals surface area contributed by atoms with Crippen molar-refractivity contribution in [3.05, 3.63) is 59.9 Å². The molecule has 0 saturated heterocycles. The molecule has 1 aromatic heterocycles. The van der Waals surface area contributed by atoms with Crippen LogP contribution in [0.3, 0.4) is 0 Å². The lowest BCUT2D eigenvalue weighted by Crippen LogP contribution is -2.24. The number of aromatic amines is 1. The van der Waals surface area contributed by atoms with Crippen molar-refractivity contribution in [2.75, 3.05) is 6.54 Å². The number of alkyl carbamates (subject to hydrolysis) is 1. The van der Waals surface area contributed by atoms with E-state index in [1.165, 1.54) is 0 Å². The highest BCUT2D eigenvalue weighted by molar-refractivity contribution is 5.67. The Bertz CT molecular complexity index is 536. The van der Waals surface area contributed by atoms with Crippen LogP contribution in [0.15, 0.2) is 48.8 Å². The highest BCUT2D eigenvalue weighted by Gasteiger charge is 2.00. The Kier molecular flexibility index (Phi) is 5.39. The van der Waals surface area contributed by atoms with Gasteiger partial charge in [-0.3, -0.25) is 5.10 Å². The average Bonchev–Trinajstić information content (AvgIpc) is 2.99. The molecule has 0 unspecified atom stereocenters. The van der Waals surface area contributed by atoms with Crippen molar-refractivity contribution in [1.82, 2.24) is 15.5 Å². The number of nitrogens with zero attached hydrogens (tertiary/aromatic N) is 1. The lowest BCUT2D eigenvalue weighted by molar-refractivity contribution is 0.140. The predicted molar refractivity (Wildman–Crippen MR) is 76.9 cm³/mol. The molecule has 2 N–H and O–H groups in total. The molecule has 0 fully saturated rings. The summed E-state index contributed by atoms with van der Waals surface area (Å²) in [5.41, 5.74) is 1.99. The van der Waals surface area contributed by atoms with Crippen LogP contribution in [0.25, 0.3) is 6.08 Å². The first-order valence-electron chi connectivity index (χ1n) is 6.44.